The molecule has 0 amide bonds. The summed E-state index contributed by atoms with van der Waals surface area (Å²) < 4.78 is 28.9. The first-order chi connectivity index (χ1) is 8.94. The van der Waals surface area contributed by atoms with Crippen molar-refractivity contribution >= 4 is 21.4 Å². The van der Waals surface area contributed by atoms with Gasteiger partial charge >= 0.3 is 0 Å². The van der Waals surface area contributed by atoms with Crippen molar-refractivity contribution in [2.45, 2.75) is 12.5 Å². The van der Waals surface area contributed by atoms with Crippen LogP contribution >= 0.6 is 11.6 Å². The highest BCUT2D eigenvalue weighted by Crippen LogP contribution is 2.22. The van der Waals surface area contributed by atoms with Crippen LogP contribution in [0.15, 0.2) is 24.3 Å². The minimum atomic E-state index is -3.07. The average molecular weight is 304 g/mol. The number of benzene rings is 1. The summed E-state index contributed by atoms with van der Waals surface area (Å²) in [7, 11) is -3.07. The Bertz CT molecular complexity index is 509. The number of hydrogen-bond donors (Lipinski definition) is 1. The lowest BCUT2D eigenvalue weighted by atomic mass is 10.0. The van der Waals surface area contributed by atoms with Crippen LogP contribution in [0.2, 0.25) is 5.02 Å². The third-order valence-electron chi connectivity index (χ3n) is 3.19. The first-order valence-corrected chi connectivity index (χ1v) is 8.68. The quantitative estimate of drug-likeness (QED) is 0.900. The summed E-state index contributed by atoms with van der Waals surface area (Å²) in [5.74, 6) is 0.928. The molecule has 0 radical (unpaired) electrons. The second-order valence-corrected chi connectivity index (χ2v) is 7.58. The van der Waals surface area contributed by atoms with E-state index in [1.54, 1.807) is 24.3 Å². The van der Waals surface area contributed by atoms with Crippen LogP contribution in [0.25, 0.3) is 0 Å². The fraction of sp³-hybridized carbons (Fsp3) is 0.538. The normalized spacial score (nSPS) is 21.3. The SMILES string of the molecule is CS(=O)(=O)C[C@@H](Oc1ccc(Cl)cc1)[C@@H]1CCNC1. The molecule has 0 bridgehead atoms. The van der Waals surface area contributed by atoms with Gasteiger partial charge in [0.15, 0.2) is 9.84 Å². The number of rotatable bonds is 5. The molecular weight excluding hydrogens is 286 g/mol. The van der Waals surface area contributed by atoms with Crippen molar-refractivity contribution in [1.82, 2.24) is 5.32 Å². The van der Waals surface area contributed by atoms with Gasteiger partial charge in [-0.1, -0.05) is 11.6 Å². The summed E-state index contributed by atoms with van der Waals surface area (Å²) in [5, 5.41) is 3.87. The molecule has 1 aromatic rings. The Morgan fingerprint density at radius 1 is 1.42 bits per heavy atom. The summed E-state index contributed by atoms with van der Waals surface area (Å²) in [6.07, 6.45) is 1.87. The van der Waals surface area contributed by atoms with Crippen molar-refractivity contribution in [2.75, 3.05) is 25.1 Å². The van der Waals surface area contributed by atoms with E-state index in [4.69, 9.17) is 16.3 Å². The van der Waals surface area contributed by atoms with Crippen LogP contribution in [0.4, 0.5) is 0 Å². The van der Waals surface area contributed by atoms with Gasteiger partial charge in [0.05, 0.1) is 5.75 Å². The Morgan fingerprint density at radius 3 is 2.63 bits per heavy atom. The minimum Gasteiger partial charge on any atom is -0.489 e. The molecule has 1 saturated heterocycles. The van der Waals surface area contributed by atoms with Crippen molar-refractivity contribution in [2.24, 2.45) is 5.92 Å². The van der Waals surface area contributed by atoms with E-state index >= 15 is 0 Å². The average Bonchev–Trinajstić information content (AvgIpc) is 2.83. The largest absolute Gasteiger partial charge is 0.489 e. The molecule has 1 heterocycles. The Balaban J connectivity index is 2.10. The molecule has 6 heteroatoms. The monoisotopic (exact) mass is 303 g/mol. The molecule has 1 fully saturated rings. The van der Waals surface area contributed by atoms with E-state index in [0.717, 1.165) is 19.5 Å². The highest BCUT2D eigenvalue weighted by atomic mass is 35.5. The van der Waals surface area contributed by atoms with Crippen LogP contribution in [0.5, 0.6) is 5.75 Å². The lowest BCUT2D eigenvalue weighted by Crippen LogP contribution is -2.35. The van der Waals surface area contributed by atoms with E-state index in [1.807, 2.05) is 0 Å². The summed E-state index contributed by atoms with van der Waals surface area (Å²) in [6, 6.07) is 7.00. The topological polar surface area (TPSA) is 55.4 Å². The van der Waals surface area contributed by atoms with E-state index in [1.165, 1.54) is 6.26 Å². The van der Waals surface area contributed by atoms with Gasteiger partial charge in [0.2, 0.25) is 0 Å². The Labute approximate surface area is 119 Å². The predicted octanol–water partition coefficient (Wildman–Crippen LogP) is 1.74. The molecule has 1 aromatic carbocycles. The maximum absolute atomic E-state index is 11.5. The molecule has 2 atom stereocenters. The molecule has 1 aliphatic heterocycles. The van der Waals surface area contributed by atoms with E-state index in [-0.39, 0.29) is 17.8 Å². The smallest absolute Gasteiger partial charge is 0.151 e. The highest BCUT2D eigenvalue weighted by molar-refractivity contribution is 7.90. The minimum absolute atomic E-state index is 0.0436. The lowest BCUT2D eigenvalue weighted by Gasteiger charge is -2.23. The van der Waals surface area contributed by atoms with Crippen molar-refractivity contribution in [1.29, 1.82) is 0 Å². The van der Waals surface area contributed by atoms with Gasteiger partial charge in [0.1, 0.15) is 11.9 Å². The molecule has 0 aromatic heterocycles. The highest BCUT2D eigenvalue weighted by Gasteiger charge is 2.29. The van der Waals surface area contributed by atoms with E-state index in [0.29, 0.717) is 10.8 Å². The number of hydrogen-bond acceptors (Lipinski definition) is 4. The standard InChI is InChI=1S/C13H18ClNO3S/c1-19(16,17)9-13(10-6-7-15-8-10)18-12-4-2-11(14)3-5-12/h2-5,10,13,15H,6-9H2,1H3/t10-,13-/m1/s1. The molecular formula is C13H18ClNO3S. The Hall–Kier alpha value is -0.780. The van der Waals surface area contributed by atoms with Crippen molar-refractivity contribution in [3.8, 4) is 5.75 Å². The van der Waals surface area contributed by atoms with Gasteiger partial charge in [-0.05, 0) is 37.2 Å². The van der Waals surface area contributed by atoms with Gasteiger partial charge in [-0.3, -0.25) is 0 Å². The maximum Gasteiger partial charge on any atom is 0.151 e. The van der Waals surface area contributed by atoms with Crippen molar-refractivity contribution in [3.63, 3.8) is 0 Å². The molecule has 4 nitrogen and oxygen atoms in total. The Morgan fingerprint density at radius 2 is 2.11 bits per heavy atom. The second-order valence-electron chi connectivity index (χ2n) is 4.96. The molecule has 0 aliphatic carbocycles. The fourth-order valence-electron chi connectivity index (χ4n) is 2.25. The van der Waals surface area contributed by atoms with Gasteiger partial charge in [0.25, 0.3) is 0 Å². The zero-order valence-electron chi connectivity index (χ0n) is 10.8. The third kappa shape index (κ3) is 4.67. The van der Waals surface area contributed by atoms with Gasteiger partial charge in [0, 0.05) is 23.7 Å². The summed E-state index contributed by atoms with van der Waals surface area (Å²) >= 11 is 5.82. The van der Waals surface area contributed by atoms with Crippen LogP contribution in [0.1, 0.15) is 6.42 Å². The van der Waals surface area contributed by atoms with Crippen LogP contribution in [0, 0.1) is 5.92 Å². The molecule has 0 unspecified atom stereocenters. The number of sulfone groups is 1. The summed E-state index contributed by atoms with van der Waals surface area (Å²) in [6.45, 7) is 1.71. The lowest BCUT2D eigenvalue weighted by molar-refractivity contribution is 0.163. The van der Waals surface area contributed by atoms with Crippen molar-refractivity contribution < 1.29 is 13.2 Å². The predicted molar refractivity (Wildman–Crippen MR) is 76.6 cm³/mol. The van der Waals surface area contributed by atoms with Gasteiger partial charge < -0.3 is 10.1 Å². The Kier molecular flexibility index (Phi) is 4.71. The first kappa shape index (κ1) is 14.6. The van der Waals surface area contributed by atoms with E-state index in [9.17, 15) is 8.42 Å². The van der Waals surface area contributed by atoms with E-state index in [2.05, 4.69) is 5.32 Å². The zero-order valence-corrected chi connectivity index (χ0v) is 12.4. The van der Waals surface area contributed by atoms with Crippen molar-refractivity contribution in [3.05, 3.63) is 29.3 Å². The molecule has 19 heavy (non-hydrogen) atoms. The molecule has 106 valence electrons. The van der Waals surface area contributed by atoms with Crippen LogP contribution < -0.4 is 10.1 Å². The zero-order chi connectivity index (χ0) is 13.9. The number of halogens is 1. The van der Waals surface area contributed by atoms with Gasteiger partial charge in [-0.2, -0.15) is 0 Å². The van der Waals surface area contributed by atoms with Crippen LogP contribution in [0.3, 0.4) is 0 Å². The van der Waals surface area contributed by atoms with Crippen LogP contribution in [-0.4, -0.2) is 39.6 Å². The summed E-state index contributed by atoms with van der Waals surface area (Å²) in [5.41, 5.74) is 0. The fourth-order valence-corrected chi connectivity index (χ4v) is 3.31. The third-order valence-corrected chi connectivity index (χ3v) is 4.38. The summed E-state index contributed by atoms with van der Waals surface area (Å²) in [4.78, 5) is 0. The van der Waals surface area contributed by atoms with Crippen LogP contribution in [-0.2, 0) is 9.84 Å². The molecule has 1 N–H and O–H groups in total. The van der Waals surface area contributed by atoms with Gasteiger partial charge in [-0.25, -0.2) is 8.42 Å². The molecule has 1 aliphatic rings. The molecule has 0 saturated carbocycles. The number of nitrogens with one attached hydrogen (secondary N) is 1. The maximum atomic E-state index is 11.5. The first-order valence-electron chi connectivity index (χ1n) is 6.25. The second kappa shape index (κ2) is 6.11. The van der Waals surface area contributed by atoms with E-state index < -0.39 is 9.84 Å². The molecule has 0 spiro atoms. The van der Waals surface area contributed by atoms with Gasteiger partial charge in [-0.15, -0.1) is 0 Å². The number of ether oxygens (including phenoxy) is 1. The molecule has 2 rings (SSSR count).